The van der Waals surface area contributed by atoms with E-state index in [2.05, 4.69) is 5.10 Å². The molecule has 0 spiro atoms. The van der Waals surface area contributed by atoms with E-state index in [0.717, 1.165) is 25.7 Å². The summed E-state index contributed by atoms with van der Waals surface area (Å²) in [6.07, 6.45) is 6.46. The van der Waals surface area contributed by atoms with Gasteiger partial charge in [0.1, 0.15) is 0 Å². The van der Waals surface area contributed by atoms with Crippen LogP contribution in [0.3, 0.4) is 0 Å². The molecule has 1 N–H and O–H groups in total. The van der Waals surface area contributed by atoms with Gasteiger partial charge in [0.25, 0.3) is 0 Å². The molecule has 0 saturated heterocycles. The minimum atomic E-state index is -1.08. The monoisotopic (exact) mass is 224 g/mol. The van der Waals surface area contributed by atoms with E-state index in [-0.39, 0.29) is 24.1 Å². The highest BCUT2D eigenvalue weighted by atomic mass is 16.4. The average Bonchev–Trinajstić information content (AvgIpc) is 2.50. The third kappa shape index (κ3) is 2.23. The summed E-state index contributed by atoms with van der Waals surface area (Å²) in [5.41, 5.74) is -0.0192. The Hall–Kier alpha value is -1.39. The number of hydrazone groups is 1. The lowest BCUT2D eigenvalue weighted by molar-refractivity contribution is -0.132. The van der Waals surface area contributed by atoms with Crippen molar-refractivity contribution in [1.82, 2.24) is 5.01 Å². The van der Waals surface area contributed by atoms with Gasteiger partial charge in [-0.1, -0.05) is 25.7 Å². The molecule has 0 unspecified atom stereocenters. The van der Waals surface area contributed by atoms with Gasteiger partial charge in [0.2, 0.25) is 5.91 Å². The van der Waals surface area contributed by atoms with Gasteiger partial charge in [-0.25, -0.2) is 9.80 Å². The summed E-state index contributed by atoms with van der Waals surface area (Å²) >= 11 is 0. The van der Waals surface area contributed by atoms with E-state index in [4.69, 9.17) is 5.11 Å². The van der Waals surface area contributed by atoms with Gasteiger partial charge in [-0.3, -0.25) is 4.79 Å². The highest BCUT2D eigenvalue weighted by Gasteiger charge is 2.33. The molecule has 5 heteroatoms. The van der Waals surface area contributed by atoms with Gasteiger partial charge in [-0.2, -0.15) is 5.10 Å². The van der Waals surface area contributed by atoms with Gasteiger partial charge in [-0.05, 0) is 12.8 Å². The second-order valence-corrected chi connectivity index (χ2v) is 4.41. The summed E-state index contributed by atoms with van der Waals surface area (Å²) in [5, 5.41) is 14.1. The molecule has 0 radical (unpaired) electrons. The lowest BCUT2D eigenvalue weighted by Crippen LogP contribution is -2.32. The second kappa shape index (κ2) is 4.63. The Labute approximate surface area is 94.1 Å². The fourth-order valence-electron chi connectivity index (χ4n) is 2.35. The zero-order valence-electron chi connectivity index (χ0n) is 9.19. The molecule has 0 atom stereocenters. The maximum absolute atomic E-state index is 11.6. The number of rotatable bonds is 2. The summed E-state index contributed by atoms with van der Waals surface area (Å²) < 4.78 is 0. The number of nitrogens with zero attached hydrogens (tertiary/aromatic N) is 2. The van der Waals surface area contributed by atoms with Crippen molar-refractivity contribution in [3.05, 3.63) is 0 Å². The Bertz CT molecular complexity index is 330. The van der Waals surface area contributed by atoms with E-state index in [1.165, 1.54) is 17.9 Å². The fraction of sp³-hybridized carbons (Fsp3) is 0.727. The molecular weight excluding hydrogens is 208 g/mol. The minimum Gasteiger partial charge on any atom is -0.477 e. The van der Waals surface area contributed by atoms with Crippen LogP contribution in [0.1, 0.15) is 44.9 Å². The van der Waals surface area contributed by atoms with E-state index in [0.29, 0.717) is 0 Å². The van der Waals surface area contributed by atoms with Crippen LogP contribution in [0.15, 0.2) is 5.10 Å². The smallest absolute Gasteiger partial charge is 0.352 e. The number of carbonyl (C=O) groups excluding carboxylic acids is 1. The quantitative estimate of drug-likeness (QED) is 0.720. The first-order valence-electron chi connectivity index (χ1n) is 5.81. The predicted molar refractivity (Wildman–Crippen MR) is 58.0 cm³/mol. The minimum absolute atomic E-state index is 0.0192. The molecule has 5 nitrogen and oxygen atoms in total. The van der Waals surface area contributed by atoms with Crippen LogP contribution >= 0.6 is 0 Å². The topological polar surface area (TPSA) is 70.0 Å². The van der Waals surface area contributed by atoms with Crippen molar-refractivity contribution >= 4 is 17.6 Å². The Morgan fingerprint density at radius 3 is 2.38 bits per heavy atom. The van der Waals surface area contributed by atoms with Crippen LogP contribution in [0.4, 0.5) is 0 Å². The third-order valence-electron chi connectivity index (χ3n) is 3.22. The highest BCUT2D eigenvalue weighted by molar-refractivity contribution is 6.40. The van der Waals surface area contributed by atoms with Crippen molar-refractivity contribution in [3.63, 3.8) is 0 Å². The predicted octanol–water partition coefficient (Wildman–Crippen LogP) is 1.38. The van der Waals surface area contributed by atoms with E-state index in [1.54, 1.807) is 0 Å². The molecule has 0 bridgehead atoms. The van der Waals surface area contributed by atoms with Gasteiger partial charge in [0, 0.05) is 0 Å². The van der Waals surface area contributed by atoms with Crippen LogP contribution in [0, 0.1) is 0 Å². The molecule has 1 aliphatic carbocycles. The molecule has 0 aromatic carbocycles. The first kappa shape index (κ1) is 11.1. The summed E-state index contributed by atoms with van der Waals surface area (Å²) in [6, 6.07) is 0.117. The first-order chi connectivity index (χ1) is 7.68. The molecule has 2 rings (SSSR count). The molecule has 1 amide bonds. The fourth-order valence-corrected chi connectivity index (χ4v) is 2.35. The number of amides is 1. The lowest BCUT2D eigenvalue weighted by Gasteiger charge is -2.22. The Balaban J connectivity index is 2.07. The van der Waals surface area contributed by atoms with Crippen LogP contribution in [0.25, 0.3) is 0 Å². The maximum Gasteiger partial charge on any atom is 0.352 e. The van der Waals surface area contributed by atoms with E-state index < -0.39 is 5.97 Å². The van der Waals surface area contributed by atoms with Crippen LogP contribution in [-0.4, -0.2) is 33.7 Å². The number of carboxylic acid groups (broad SMARTS) is 1. The van der Waals surface area contributed by atoms with Gasteiger partial charge in [-0.15, -0.1) is 0 Å². The summed E-state index contributed by atoms with van der Waals surface area (Å²) in [7, 11) is 0. The van der Waals surface area contributed by atoms with Gasteiger partial charge >= 0.3 is 5.97 Å². The zero-order chi connectivity index (χ0) is 11.5. The maximum atomic E-state index is 11.6. The van der Waals surface area contributed by atoms with Crippen molar-refractivity contribution in [3.8, 4) is 0 Å². The van der Waals surface area contributed by atoms with Gasteiger partial charge < -0.3 is 5.11 Å². The molecule has 1 aliphatic heterocycles. The number of aliphatic carboxylic acids is 1. The largest absolute Gasteiger partial charge is 0.477 e. The van der Waals surface area contributed by atoms with Crippen molar-refractivity contribution in [1.29, 1.82) is 0 Å². The molecular formula is C11H16N2O3. The second-order valence-electron chi connectivity index (χ2n) is 4.41. The van der Waals surface area contributed by atoms with Gasteiger partial charge in [0.15, 0.2) is 5.71 Å². The van der Waals surface area contributed by atoms with E-state index in [1.807, 2.05) is 0 Å². The molecule has 88 valence electrons. The molecule has 2 aliphatic rings. The first-order valence-corrected chi connectivity index (χ1v) is 5.81. The average molecular weight is 224 g/mol. The number of carbonyl (C=O) groups is 2. The van der Waals surface area contributed by atoms with E-state index >= 15 is 0 Å². The zero-order valence-corrected chi connectivity index (χ0v) is 9.19. The van der Waals surface area contributed by atoms with Crippen LogP contribution in [-0.2, 0) is 9.59 Å². The normalized spacial score (nSPS) is 23.1. The standard InChI is InChI=1S/C11H16N2O3/c14-10-7-9(11(15)16)12-13(10)8-5-3-1-2-4-6-8/h8H,1-7H2,(H,15,16). The van der Waals surface area contributed by atoms with Crippen molar-refractivity contribution in [2.24, 2.45) is 5.10 Å². The molecule has 1 fully saturated rings. The number of carboxylic acids is 1. The van der Waals surface area contributed by atoms with Crippen molar-refractivity contribution < 1.29 is 14.7 Å². The van der Waals surface area contributed by atoms with Crippen molar-refractivity contribution in [2.75, 3.05) is 0 Å². The summed E-state index contributed by atoms with van der Waals surface area (Å²) in [4.78, 5) is 22.4. The molecule has 1 heterocycles. The Kier molecular flexibility index (Phi) is 3.22. The van der Waals surface area contributed by atoms with Crippen molar-refractivity contribution in [2.45, 2.75) is 51.0 Å². The van der Waals surface area contributed by atoms with Gasteiger partial charge in [0.05, 0.1) is 12.5 Å². The van der Waals surface area contributed by atoms with Crippen LogP contribution < -0.4 is 0 Å². The molecule has 0 aromatic heterocycles. The summed E-state index contributed by atoms with van der Waals surface area (Å²) in [5.74, 6) is -1.24. The lowest BCUT2D eigenvalue weighted by atomic mass is 10.1. The Morgan fingerprint density at radius 1 is 1.25 bits per heavy atom. The Morgan fingerprint density at radius 2 is 1.88 bits per heavy atom. The third-order valence-corrected chi connectivity index (χ3v) is 3.22. The molecule has 1 saturated carbocycles. The van der Waals surface area contributed by atoms with E-state index in [9.17, 15) is 9.59 Å². The van der Waals surface area contributed by atoms with Crippen LogP contribution in [0.5, 0.6) is 0 Å². The number of hydrogen-bond acceptors (Lipinski definition) is 3. The summed E-state index contributed by atoms with van der Waals surface area (Å²) in [6.45, 7) is 0. The SMILES string of the molecule is O=C(O)C1=NN(C2CCCCCC2)C(=O)C1. The highest BCUT2D eigenvalue weighted by Crippen LogP contribution is 2.25. The van der Waals surface area contributed by atoms with Crippen LogP contribution in [0.2, 0.25) is 0 Å². The number of hydrogen-bond donors (Lipinski definition) is 1. The molecule has 0 aromatic rings. The molecule has 16 heavy (non-hydrogen) atoms.